The fourth-order valence-corrected chi connectivity index (χ4v) is 3.34. The summed E-state index contributed by atoms with van der Waals surface area (Å²) in [5.74, 6) is 0.456. The van der Waals surface area contributed by atoms with Crippen LogP contribution in [-0.4, -0.2) is 18.2 Å². The van der Waals surface area contributed by atoms with Gasteiger partial charge < -0.3 is 4.74 Å². The second-order valence-electron chi connectivity index (χ2n) is 6.07. The van der Waals surface area contributed by atoms with Gasteiger partial charge in [-0.1, -0.05) is 48.6 Å². The third kappa shape index (κ3) is 7.38. The van der Waals surface area contributed by atoms with Crippen molar-refractivity contribution in [2.75, 3.05) is 6.61 Å². The summed E-state index contributed by atoms with van der Waals surface area (Å²) in [6.07, 6.45) is 7.64. The first-order chi connectivity index (χ1) is 13.0. The zero-order valence-corrected chi connectivity index (χ0v) is 17.9. The van der Waals surface area contributed by atoms with Gasteiger partial charge in [-0.3, -0.25) is 4.79 Å². The minimum absolute atomic E-state index is 0.0727. The highest BCUT2D eigenvalue weighted by Crippen LogP contribution is 2.25. The van der Waals surface area contributed by atoms with E-state index >= 15 is 0 Å². The molecule has 0 spiro atoms. The van der Waals surface area contributed by atoms with Crippen LogP contribution in [0.2, 0.25) is 0 Å². The minimum atomic E-state index is -0.292. The molecule has 4 nitrogen and oxygen atoms in total. The van der Waals surface area contributed by atoms with E-state index in [4.69, 9.17) is 4.74 Å². The van der Waals surface area contributed by atoms with Crippen LogP contribution < -0.4 is 10.2 Å². The summed E-state index contributed by atoms with van der Waals surface area (Å²) in [7, 11) is 0. The molecule has 1 N–H and O–H groups in total. The smallest absolute Gasteiger partial charge is 0.277 e. The molecule has 0 unspecified atom stereocenters. The van der Waals surface area contributed by atoms with Gasteiger partial charge in [0.05, 0.1) is 5.71 Å². The third-order valence-electron chi connectivity index (χ3n) is 3.67. The van der Waals surface area contributed by atoms with Gasteiger partial charge in [0.15, 0.2) is 6.61 Å². The first-order valence-corrected chi connectivity index (χ1v) is 9.66. The molecule has 140 valence electrons. The summed E-state index contributed by atoms with van der Waals surface area (Å²) < 4.78 is 6.80. The third-order valence-corrected chi connectivity index (χ3v) is 4.29. The molecule has 1 amide bonds. The number of hydrazone groups is 1. The Labute approximate surface area is 174 Å². The molecule has 0 saturated heterocycles. The number of amides is 1. The Morgan fingerprint density at radius 2 is 1.81 bits per heavy atom. The summed E-state index contributed by atoms with van der Waals surface area (Å²) >= 11 is 2.26. The van der Waals surface area contributed by atoms with E-state index in [1.165, 1.54) is 0 Å². The lowest BCUT2D eigenvalue weighted by Crippen LogP contribution is -2.25. The molecule has 0 saturated carbocycles. The predicted molar refractivity (Wildman–Crippen MR) is 120 cm³/mol. The van der Waals surface area contributed by atoms with Crippen molar-refractivity contribution in [1.29, 1.82) is 0 Å². The lowest BCUT2D eigenvalue weighted by Gasteiger charge is -2.11. The van der Waals surface area contributed by atoms with E-state index in [9.17, 15) is 4.79 Å². The zero-order chi connectivity index (χ0) is 19.6. The van der Waals surface area contributed by atoms with Crippen molar-refractivity contribution in [2.24, 2.45) is 5.10 Å². The number of benzene rings is 2. The molecule has 5 heteroatoms. The average Bonchev–Trinajstić information content (AvgIpc) is 2.63. The molecule has 2 rings (SSSR count). The molecule has 27 heavy (non-hydrogen) atoms. The summed E-state index contributed by atoms with van der Waals surface area (Å²) in [5, 5.41) is 4.06. The van der Waals surface area contributed by atoms with E-state index in [0.29, 0.717) is 5.71 Å². The molecular weight excluding hydrogens is 451 g/mol. The van der Waals surface area contributed by atoms with Gasteiger partial charge in [0.25, 0.3) is 5.91 Å². The van der Waals surface area contributed by atoms with Gasteiger partial charge in [-0.15, -0.1) is 0 Å². The van der Waals surface area contributed by atoms with Crippen molar-refractivity contribution < 1.29 is 9.53 Å². The summed E-state index contributed by atoms with van der Waals surface area (Å²) in [6, 6.07) is 14.1. The Kier molecular flexibility index (Phi) is 8.26. The van der Waals surface area contributed by atoms with Crippen molar-refractivity contribution in [1.82, 2.24) is 5.43 Å². The quantitative estimate of drug-likeness (QED) is 0.264. The predicted octanol–water partition coefficient (Wildman–Crippen LogP) is 5.05. The number of carbonyl (C=O) groups is 1. The van der Waals surface area contributed by atoms with Crippen molar-refractivity contribution in [3.63, 3.8) is 0 Å². The molecule has 2 aromatic carbocycles. The first kappa shape index (κ1) is 20.9. The van der Waals surface area contributed by atoms with Crippen LogP contribution in [0.5, 0.6) is 5.75 Å². The van der Waals surface area contributed by atoms with Gasteiger partial charge in [-0.05, 0) is 78.3 Å². The van der Waals surface area contributed by atoms with Crippen LogP contribution in [0.1, 0.15) is 23.6 Å². The fourth-order valence-electron chi connectivity index (χ4n) is 2.41. The van der Waals surface area contributed by atoms with Crippen molar-refractivity contribution in [3.8, 4) is 5.75 Å². The fraction of sp³-hybridized carbons (Fsp3) is 0.182. The second kappa shape index (κ2) is 10.7. The molecule has 0 fully saturated rings. The van der Waals surface area contributed by atoms with E-state index in [-0.39, 0.29) is 12.5 Å². The average molecular weight is 474 g/mol. The molecule has 0 aliphatic rings. The normalized spacial score (nSPS) is 11.9. The topological polar surface area (TPSA) is 50.7 Å². The lowest BCUT2D eigenvalue weighted by atomic mass is 10.1. The summed E-state index contributed by atoms with van der Waals surface area (Å²) in [6.45, 7) is 5.69. The number of rotatable bonds is 7. The Morgan fingerprint density at radius 1 is 1.15 bits per heavy atom. The van der Waals surface area contributed by atoms with Crippen LogP contribution in [0, 0.1) is 17.4 Å². The van der Waals surface area contributed by atoms with E-state index in [2.05, 4.69) is 33.1 Å². The number of nitrogens with zero attached hydrogens (tertiary/aromatic N) is 1. The van der Waals surface area contributed by atoms with E-state index in [1.807, 2.05) is 87.5 Å². The number of aryl methyl sites for hydroxylation is 2. The highest BCUT2D eigenvalue weighted by Gasteiger charge is 2.08. The standard InChI is InChI=1S/C22H23IN2O2/c1-16-13-20(23)14-17(2)22(16)27-15-21(26)25-24-18(3)9-7-8-12-19-10-5-4-6-11-19/h4-14H,15H2,1-3H3,(H,25,26). The van der Waals surface area contributed by atoms with E-state index in [0.717, 1.165) is 26.0 Å². The monoisotopic (exact) mass is 474 g/mol. The highest BCUT2D eigenvalue weighted by atomic mass is 127. The number of halogens is 1. The van der Waals surface area contributed by atoms with Gasteiger partial charge in [-0.2, -0.15) is 5.10 Å². The largest absolute Gasteiger partial charge is 0.483 e. The Morgan fingerprint density at radius 3 is 2.48 bits per heavy atom. The molecule has 0 aromatic heterocycles. The van der Waals surface area contributed by atoms with Crippen molar-refractivity contribution in [2.45, 2.75) is 20.8 Å². The van der Waals surface area contributed by atoms with Crippen molar-refractivity contribution in [3.05, 3.63) is 81.0 Å². The van der Waals surface area contributed by atoms with E-state index < -0.39 is 0 Å². The molecular formula is C22H23IN2O2. The molecule has 0 atom stereocenters. The van der Waals surface area contributed by atoms with Crippen LogP contribution in [-0.2, 0) is 4.79 Å². The maximum atomic E-state index is 11.9. The molecule has 0 aliphatic carbocycles. The molecule has 2 aromatic rings. The molecule has 0 radical (unpaired) electrons. The van der Waals surface area contributed by atoms with Crippen LogP contribution in [0.15, 0.2) is 65.8 Å². The molecule has 0 heterocycles. The van der Waals surface area contributed by atoms with Gasteiger partial charge in [-0.25, -0.2) is 5.43 Å². The Hall–Kier alpha value is -2.41. The summed E-state index contributed by atoms with van der Waals surface area (Å²) in [4.78, 5) is 11.9. The SMILES string of the molecule is CC(C=CC=Cc1ccccc1)=NNC(=O)COc1c(C)cc(I)cc1C. The number of hydrogen-bond acceptors (Lipinski definition) is 3. The van der Waals surface area contributed by atoms with Crippen LogP contribution in [0.3, 0.4) is 0 Å². The number of ether oxygens (including phenoxy) is 1. The Balaban J connectivity index is 1.81. The van der Waals surface area contributed by atoms with Crippen LogP contribution >= 0.6 is 22.6 Å². The number of carbonyl (C=O) groups excluding carboxylic acids is 1. The van der Waals surface area contributed by atoms with Crippen molar-refractivity contribution >= 4 is 40.3 Å². The minimum Gasteiger partial charge on any atom is -0.483 e. The van der Waals surface area contributed by atoms with E-state index in [1.54, 1.807) is 0 Å². The van der Waals surface area contributed by atoms with Crippen LogP contribution in [0.4, 0.5) is 0 Å². The number of nitrogens with one attached hydrogen (secondary N) is 1. The number of allylic oxidation sites excluding steroid dienone is 3. The van der Waals surface area contributed by atoms with Gasteiger partial charge in [0, 0.05) is 3.57 Å². The van der Waals surface area contributed by atoms with Crippen LogP contribution in [0.25, 0.3) is 6.08 Å². The molecule has 0 bridgehead atoms. The highest BCUT2D eigenvalue weighted by molar-refractivity contribution is 14.1. The maximum absolute atomic E-state index is 11.9. The number of hydrogen-bond donors (Lipinski definition) is 1. The van der Waals surface area contributed by atoms with Gasteiger partial charge in [0.1, 0.15) is 5.75 Å². The lowest BCUT2D eigenvalue weighted by molar-refractivity contribution is -0.123. The summed E-state index contributed by atoms with van der Waals surface area (Å²) in [5.41, 5.74) is 6.36. The Bertz CT molecular complexity index is 848. The zero-order valence-electron chi connectivity index (χ0n) is 15.7. The van der Waals surface area contributed by atoms with Gasteiger partial charge in [0.2, 0.25) is 0 Å². The second-order valence-corrected chi connectivity index (χ2v) is 7.32. The molecule has 0 aliphatic heterocycles. The maximum Gasteiger partial charge on any atom is 0.277 e. The first-order valence-electron chi connectivity index (χ1n) is 8.58. The van der Waals surface area contributed by atoms with Gasteiger partial charge >= 0.3 is 0 Å².